The standard InChI is InChI=1S/C19H20N4O3S3/c1-13-6-8-14(9-7-13)18-21-22-19(28-18)20-17(24)15-4-2-10-23(12-15)29(25,26)16-5-3-11-27-16/h3,5-9,11,15H,2,4,10,12H2,1H3,(H,20,22,24)/t15-/m0/s1. The summed E-state index contributed by atoms with van der Waals surface area (Å²) >= 11 is 2.49. The molecule has 0 radical (unpaired) electrons. The smallest absolute Gasteiger partial charge is 0.252 e. The summed E-state index contributed by atoms with van der Waals surface area (Å²) in [5.74, 6) is -0.632. The van der Waals surface area contributed by atoms with Gasteiger partial charge in [-0.3, -0.25) is 4.79 Å². The van der Waals surface area contributed by atoms with Gasteiger partial charge in [0.15, 0.2) is 0 Å². The third kappa shape index (κ3) is 4.40. The summed E-state index contributed by atoms with van der Waals surface area (Å²) in [5, 5.41) is 13.9. The highest BCUT2D eigenvalue weighted by atomic mass is 32.2. The average Bonchev–Trinajstić information content (AvgIpc) is 3.41. The molecule has 0 aliphatic carbocycles. The summed E-state index contributed by atoms with van der Waals surface area (Å²) in [7, 11) is -3.55. The number of rotatable bonds is 5. The molecule has 1 fully saturated rings. The molecular formula is C19H20N4O3S3. The Balaban J connectivity index is 1.43. The van der Waals surface area contributed by atoms with E-state index in [2.05, 4.69) is 15.5 Å². The summed E-state index contributed by atoms with van der Waals surface area (Å²) in [6.45, 7) is 2.62. The molecule has 0 spiro atoms. The van der Waals surface area contributed by atoms with E-state index in [0.717, 1.165) is 16.1 Å². The first kappa shape index (κ1) is 20.1. The van der Waals surface area contributed by atoms with Crippen LogP contribution in [-0.2, 0) is 14.8 Å². The van der Waals surface area contributed by atoms with E-state index in [9.17, 15) is 13.2 Å². The molecule has 0 bridgehead atoms. The largest absolute Gasteiger partial charge is 0.300 e. The first-order valence-electron chi connectivity index (χ1n) is 9.18. The van der Waals surface area contributed by atoms with Crippen molar-refractivity contribution in [1.82, 2.24) is 14.5 Å². The summed E-state index contributed by atoms with van der Waals surface area (Å²) in [4.78, 5) is 12.7. The van der Waals surface area contributed by atoms with Crippen LogP contribution < -0.4 is 5.32 Å². The number of piperidine rings is 1. The molecule has 1 aliphatic heterocycles. The van der Waals surface area contributed by atoms with E-state index >= 15 is 0 Å². The van der Waals surface area contributed by atoms with Crippen molar-refractivity contribution >= 4 is 43.7 Å². The van der Waals surface area contributed by atoms with Crippen molar-refractivity contribution < 1.29 is 13.2 Å². The SMILES string of the molecule is Cc1ccc(-c2nnc(NC(=O)[C@H]3CCCN(S(=O)(=O)c4cccs4)C3)s2)cc1. The second-order valence-corrected chi connectivity index (χ2v) is 11.0. The fourth-order valence-corrected chi connectivity index (χ4v) is 6.63. The van der Waals surface area contributed by atoms with Gasteiger partial charge in [-0.1, -0.05) is 47.2 Å². The Hall–Kier alpha value is -2.14. The molecule has 1 saturated heterocycles. The van der Waals surface area contributed by atoms with Gasteiger partial charge in [-0.2, -0.15) is 4.31 Å². The number of carbonyl (C=O) groups is 1. The molecule has 3 aromatic rings. The molecule has 29 heavy (non-hydrogen) atoms. The number of hydrogen-bond acceptors (Lipinski definition) is 7. The van der Waals surface area contributed by atoms with Crippen LogP contribution in [0.2, 0.25) is 0 Å². The van der Waals surface area contributed by atoms with Gasteiger partial charge in [0.05, 0.1) is 5.92 Å². The Bertz CT molecular complexity index is 1090. The molecule has 0 saturated carbocycles. The Morgan fingerprint density at radius 3 is 2.72 bits per heavy atom. The van der Waals surface area contributed by atoms with Crippen LogP contribution in [0.15, 0.2) is 46.0 Å². The Labute approximate surface area is 177 Å². The maximum Gasteiger partial charge on any atom is 0.252 e. The van der Waals surface area contributed by atoms with Crippen LogP contribution >= 0.6 is 22.7 Å². The number of nitrogens with zero attached hydrogens (tertiary/aromatic N) is 3. The summed E-state index contributed by atoms with van der Waals surface area (Å²) < 4.78 is 27.2. The topological polar surface area (TPSA) is 92.3 Å². The number of aromatic nitrogens is 2. The molecule has 1 aromatic carbocycles. The highest BCUT2D eigenvalue weighted by molar-refractivity contribution is 7.91. The number of aryl methyl sites for hydroxylation is 1. The van der Waals surface area contributed by atoms with E-state index in [-0.39, 0.29) is 12.5 Å². The van der Waals surface area contributed by atoms with Gasteiger partial charge < -0.3 is 5.32 Å². The van der Waals surface area contributed by atoms with Crippen molar-refractivity contribution in [3.63, 3.8) is 0 Å². The lowest BCUT2D eigenvalue weighted by Crippen LogP contribution is -2.43. The first-order chi connectivity index (χ1) is 13.9. The first-order valence-corrected chi connectivity index (χ1v) is 12.3. The molecule has 1 N–H and O–H groups in total. The highest BCUT2D eigenvalue weighted by Gasteiger charge is 2.34. The van der Waals surface area contributed by atoms with Crippen molar-refractivity contribution in [1.29, 1.82) is 0 Å². The van der Waals surface area contributed by atoms with Crippen molar-refractivity contribution in [3.05, 3.63) is 47.3 Å². The van der Waals surface area contributed by atoms with Gasteiger partial charge in [0.1, 0.15) is 9.22 Å². The minimum Gasteiger partial charge on any atom is -0.300 e. The number of thiophene rings is 1. The summed E-state index contributed by atoms with van der Waals surface area (Å²) in [6.07, 6.45) is 1.29. The lowest BCUT2D eigenvalue weighted by atomic mass is 9.99. The molecule has 1 aliphatic rings. The Kier molecular flexibility index (Phi) is 5.77. The number of carbonyl (C=O) groups excluding carboxylic acids is 1. The minimum absolute atomic E-state index is 0.176. The molecule has 3 heterocycles. The summed E-state index contributed by atoms with van der Waals surface area (Å²) in [5.41, 5.74) is 2.10. The quantitative estimate of drug-likeness (QED) is 0.644. The van der Waals surface area contributed by atoms with Gasteiger partial charge in [-0.15, -0.1) is 21.5 Å². The normalized spacial score (nSPS) is 17.9. The number of benzene rings is 1. The van der Waals surface area contributed by atoms with Crippen LogP contribution in [0.1, 0.15) is 18.4 Å². The van der Waals surface area contributed by atoms with Crippen molar-refractivity contribution in [2.45, 2.75) is 24.0 Å². The molecule has 152 valence electrons. The van der Waals surface area contributed by atoms with Crippen molar-refractivity contribution in [2.24, 2.45) is 5.92 Å². The predicted molar refractivity (Wildman–Crippen MR) is 115 cm³/mol. The second-order valence-electron chi connectivity index (χ2n) is 6.90. The zero-order valence-corrected chi connectivity index (χ0v) is 18.2. The number of anilines is 1. The van der Waals surface area contributed by atoms with Crippen LogP contribution in [0.5, 0.6) is 0 Å². The number of hydrogen-bond donors (Lipinski definition) is 1. The lowest BCUT2D eigenvalue weighted by Gasteiger charge is -2.30. The van der Waals surface area contributed by atoms with Crippen LogP contribution in [0.3, 0.4) is 0 Å². The third-order valence-electron chi connectivity index (χ3n) is 4.80. The van der Waals surface area contributed by atoms with Crippen molar-refractivity contribution in [3.8, 4) is 10.6 Å². The van der Waals surface area contributed by atoms with E-state index in [0.29, 0.717) is 28.7 Å². The molecule has 4 rings (SSSR count). The average molecular weight is 449 g/mol. The molecule has 7 nitrogen and oxygen atoms in total. The molecular weight excluding hydrogens is 428 g/mol. The monoisotopic (exact) mass is 448 g/mol. The van der Waals surface area contributed by atoms with Gasteiger partial charge in [0.2, 0.25) is 11.0 Å². The van der Waals surface area contributed by atoms with Gasteiger partial charge in [0.25, 0.3) is 10.0 Å². The van der Waals surface area contributed by atoms with Gasteiger partial charge in [0, 0.05) is 18.7 Å². The predicted octanol–water partition coefficient (Wildman–Crippen LogP) is 3.61. The van der Waals surface area contributed by atoms with Gasteiger partial charge in [-0.05, 0) is 31.2 Å². The number of amides is 1. The molecule has 0 unspecified atom stereocenters. The second kappa shape index (κ2) is 8.31. The van der Waals surface area contributed by atoms with Crippen LogP contribution in [0.4, 0.5) is 5.13 Å². The number of sulfonamides is 1. The minimum atomic E-state index is -3.55. The van der Waals surface area contributed by atoms with E-state index < -0.39 is 15.9 Å². The van der Waals surface area contributed by atoms with E-state index in [1.54, 1.807) is 17.5 Å². The van der Waals surface area contributed by atoms with Crippen LogP contribution in [0, 0.1) is 12.8 Å². The van der Waals surface area contributed by atoms with Gasteiger partial charge >= 0.3 is 0 Å². The lowest BCUT2D eigenvalue weighted by molar-refractivity contribution is -0.120. The van der Waals surface area contributed by atoms with Crippen LogP contribution in [0.25, 0.3) is 10.6 Å². The van der Waals surface area contributed by atoms with E-state index in [1.165, 1.54) is 27.0 Å². The Morgan fingerprint density at radius 2 is 2.00 bits per heavy atom. The molecule has 2 aromatic heterocycles. The summed E-state index contributed by atoms with van der Waals surface area (Å²) in [6, 6.07) is 11.2. The number of nitrogens with one attached hydrogen (secondary N) is 1. The van der Waals surface area contributed by atoms with Crippen LogP contribution in [-0.4, -0.2) is 41.9 Å². The molecule has 1 atom stereocenters. The zero-order valence-electron chi connectivity index (χ0n) is 15.7. The molecule has 10 heteroatoms. The van der Waals surface area contributed by atoms with E-state index in [4.69, 9.17) is 0 Å². The Morgan fingerprint density at radius 1 is 1.21 bits per heavy atom. The fourth-order valence-electron chi connectivity index (χ4n) is 3.21. The fraction of sp³-hybridized carbons (Fsp3) is 0.316. The maximum atomic E-state index is 12.7. The van der Waals surface area contributed by atoms with Crippen molar-refractivity contribution in [2.75, 3.05) is 18.4 Å². The maximum absolute atomic E-state index is 12.7. The molecule has 1 amide bonds. The highest BCUT2D eigenvalue weighted by Crippen LogP contribution is 2.29. The van der Waals surface area contributed by atoms with E-state index in [1.807, 2.05) is 31.2 Å². The van der Waals surface area contributed by atoms with Gasteiger partial charge in [-0.25, -0.2) is 8.42 Å². The zero-order chi connectivity index (χ0) is 20.4. The third-order valence-corrected chi connectivity index (χ3v) is 8.92.